The number of phenols is 1. The quantitative estimate of drug-likeness (QED) is 0.0738. The van der Waals surface area contributed by atoms with Gasteiger partial charge in [0, 0.05) is 37.9 Å². The molecule has 6 N–H and O–H groups in total. The second-order valence-corrected chi connectivity index (χ2v) is 15.8. The van der Waals surface area contributed by atoms with E-state index in [4.69, 9.17) is 9.57 Å². The lowest BCUT2D eigenvalue weighted by Crippen LogP contribution is -2.63. The van der Waals surface area contributed by atoms with Crippen LogP contribution in [0.2, 0.25) is 0 Å². The molecule has 1 aliphatic carbocycles. The van der Waals surface area contributed by atoms with Crippen molar-refractivity contribution in [1.82, 2.24) is 26.1 Å². The molecule has 1 aromatic carbocycles. The number of hydrogen-bond acceptors (Lipinski definition) is 11. The zero-order valence-electron chi connectivity index (χ0n) is 35.0. The highest BCUT2D eigenvalue weighted by Crippen LogP contribution is 2.53. The number of benzene rings is 1. The third-order valence-electron chi connectivity index (χ3n) is 11.2. The van der Waals surface area contributed by atoms with Crippen LogP contribution in [0.5, 0.6) is 5.75 Å². The number of aliphatic hydroxyl groups is 2. The fraction of sp³-hybridized carbons (Fsp3) is 0.523. The number of carbonyl (C=O) groups excluding carboxylic acids is 5. The number of nitrogens with one attached hydrogen (secondary N) is 3. The van der Waals surface area contributed by atoms with E-state index < -0.39 is 89.2 Å². The smallest absolute Gasteiger partial charge is 0.325 e. The standard InChI is InChI=1S/C44H61N5O10/c1-8-9-19-32-39(53)29(5)35(51)21-11-10-12-22-36(28(4)16-13-23-37(52)48(6)58-7)59-42(56)34-20-15-24-49(47-34)43(57)44(26-33(44)30-17-14-18-31(50)25-30)46-41(55)38(27(2)3)45-40(32)54/h8-14,16-18,21,23,25,27,29,32-36,38-39,47,50-51,53H,15,19-20,22,24,26H2,1-7H3,(H,45,54)(H,46,55)/b9-8+,12-10+,21-11+,23-13+,28-16+/t29-,32+,33-,34?,35-,36-,38-,39+,44?/m0/s1. The van der Waals surface area contributed by atoms with Crippen molar-refractivity contribution in [3.8, 4) is 5.75 Å². The Bertz CT molecular complexity index is 1820. The van der Waals surface area contributed by atoms with E-state index in [1.54, 1.807) is 83.2 Å². The maximum atomic E-state index is 14.7. The van der Waals surface area contributed by atoms with Gasteiger partial charge in [-0.05, 0) is 68.7 Å². The number of aromatic hydroxyl groups is 1. The number of allylic oxidation sites excluding steroid dienone is 6. The Morgan fingerprint density at radius 1 is 1.15 bits per heavy atom. The summed E-state index contributed by atoms with van der Waals surface area (Å²) in [5.74, 6) is -5.52. The number of aliphatic hydroxyl groups excluding tert-OH is 2. The molecular weight excluding hydrogens is 759 g/mol. The monoisotopic (exact) mass is 819 g/mol. The molecule has 322 valence electrons. The SMILES string of the molecule is C/C=C/C[C@H]1C(=O)N[C@@H](C(C)C)C(=O)NC2(C[C@H]2c2cccc(O)c2)C(=O)N2CCCC(N2)C(=O)O[C@H](/C(C)=C/C=C/C(=O)N(C)OC)C/C=C/C=C/[C@H](O)[C@H](C)[C@H]1O. The molecule has 59 heavy (non-hydrogen) atoms. The van der Waals surface area contributed by atoms with Crippen LogP contribution in [-0.4, -0.2) is 112 Å². The number of esters is 1. The molecule has 1 saturated carbocycles. The summed E-state index contributed by atoms with van der Waals surface area (Å²) in [6, 6.07) is 4.43. The van der Waals surface area contributed by atoms with Gasteiger partial charge in [-0.3, -0.25) is 33.8 Å². The van der Waals surface area contributed by atoms with Crippen LogP contribution in [0, 0.1) is 17.8 Å². The molecule has 3 aliphatic rings. The average molecular weight is 820 g/mol. The molecule has 15 nitrogen and oxygen atoms in total. The third-order valence-corrected chi connectivity index (χ3v) is 11.2. The van der Waals surface area contributed by atoms with Gasteiger partial charge in [-0.2, -0.15) is 0 Å². The first-order chi connectivity index (χ1) is 28.0. The Hall–Kier alpha value is -5.09. The van der Waals surface area contributed by atoms with Crippen LogP contribution in [0.25, 0.3) is 0 Å². The highest BCUT2D eigenvalue weighted by molar-refractivity contribution is 5.98. The number of hydrazine groups is 1. The van der Waals surface area contributed by atoms with E-state index in [0.29, 0.717) is 24.0 Å². The van der Waals surface area contributed by atoms with Crippen molar-refractivity contribution in [3.05, 3.63) is 90.1 Å². The van der Waals surface area contributed by atoms with E-state index in [-0.39, 0.29) is 31.6 Å². The number of rotatable bonds is 8. The fourth-order valence-electron chi connectivity index (χ4n) is 7.29. The van der Waals surface area contributed by atoms with E-state index in [9.17, 15) is 39.3 Å². The first kappa shape index (κ1) is 46.6. The Labute approximate surface area is 346 Å². The lowest BCUT2D eigenvalue weighted by atomic mass is 9.85. The number of hydrogen-bond donors (Lipinski definition) is 6. The van der Waals surface area contributed by atoms with Crippen molar-refractivity contribution in [2.75, 3.05) is 20.7 Å². The Morgan fingerprint density at radius 3 is 2.58 bits per heavy atom. The minimum atomic E-state index is -1.49. The molecule has 1 spiro atoms. The van der Waals surface area contributed by atoms with Gasteiger partial charge in [0.25, 0.3) is 11.8 Å². The number of phenolic OH excluding ortho intramolecular Hbond substituents is 1. The number of cyclic esters (lactones) is 1. The lowest BCUT2D eigenvalue weighted by Gasteiger charge is -2.36. The highest BCUT2D eigenvalue weighted by atomic mass is 16.7. The van der Waals surface area contributed by atoms with Gasteiger partial charge < -0.3 is 30.7 Å². The molecule has 2 bridgehead atoms. The van der Waals surface area contributed by atoms with Gasteiger partial charge in [0.2, 0.25) is 11.8 Å². The van der Waals surface area contributed by atoms with Crippen molar-refractivity contribution in [2.45, 2.75) is 109 Å². The number of nitrogens with zero attached hydrogens (tertiary/aromatic N) is 2. The third kappa shape index (κ3) is 12.0. The summed E-state index contributed by atoms with van der Waals surface area (Å²) in [6.45, 7) is 8.91. The maximum absolute atomic E-state index is 14.7. The van der Waals surface area contributed by atoms with Crippen molar-refractivity contribution >= 4 is 29.6 Å². The number of carbonyl (C=O) groups is 5. The molecule has 4 amide bonds. The van der Waals surface area contributed by atoms with E-state index in [1.807, 2.05) is 0 Å². The number of amides is 4. The van der Waals surface area contributed by atoms with Crippen LogP contribution in [-0.2, 0) is 33.5 Å². The first-order valence-electron chi connectivity index (χ1n) is 20.2. The van der Waals surface area contributed by atoms with Gasteiger partial charge in [-0.15, -0.1) is 0 Å². The summed E-state index contributed by atoms with van der Waals surface area (Å²) in [5.41, 5.74) is 2.80. The Kier molecular flexibility index (Phi) is 16.8. The van der Waals surface area contributed by atoms with E-state index in [1.165, 1.54) is 49.5 Å². The van der Waals surface area contributed by atoms with E-state index in [2.05, 4.69) is 16.1 Å². The van der Waals surface area contributed by atoms with Crippen LogP contribution >= 0.6 is 0 Å². The molecule has 0 aromatic heterocycles. The van der Waals surface area contributed by atoms with Crippen LogP contribution in [0.15, 0.2) is 84.5 Å². The minimum Gasteiger partial charge on any atom is -0.508 e. The van der Waals surface area contributed by atoms with Gasteiger partial charge in [0.05, 0.1) is 25.2 Å². The summed E-state index contributed by atoms with van der Waals surface area (Å²) < 4.78 is 6.04. The molecule has 1 saturated heterocycles. The summed E-state index contributed by atoms with van der Waals surface area (Å²) in [5, 5.41) is 41.1. The molecule has 2 aliphatic heterocycles. The molecule has 2 heterocycles. The average Bonchev–Trinajstić information content (AvgIpc) is 3.95. The largest absolute Gasteiger partial charge is 0.508 e. The molecule has 4 rings (SSSR count). The van der Waals surface area contributed by atoms with Crippen molar-refractivity contribution in [2.24, 2.45) is 17.8 Å². The van der Waals surface area contributed by atoms with Gasteiger partial charge in [0.15, 0.2) is 0 Å². The number of hydroxylamine groups is 2. The first-order valence-corrected chi connectivity index (χ1v) is 20.2. The molecule has 1 aromatic rings. The van der Waals surface area contributed by atoms with Gasteiger partial charge in [0.1, 0.15) is 29.5 Å². The Balaban J connectivity index is 1.75. The highest BCUT2D eigenvalue weighted by Gasteiger charge is 2.64. The summed E-state index contributed by atoms with van der Waals surface area (Å²) in [7, 11) is 2.84. The van der Waals surface area contributed by atoms with Gasteiger partial charge in [-0.1, -0.05) is 81.5 Å². The van der Waals surface area contributed by atoms with Gasteiger partial charge in [-0.25, -0.2) is 10.5 Å². The second-order valence-electron chi connectivity index (χ2n) is 15.8. The summed E-state index contributed by atoms with van der Waals surface area (Å²) in [4.78, 5) is 73.9. The summed E-state index contributed by atoms with van der Waals surface area (Å²) >= 11 is 0. The molecule has 2 unspecified atom stereocenters. The predicted octanol–water partition coefficient (Wildman–Crippen LogP) is 3.26. The van der Waals surface area contributed by atoms with Crippen LogP contribution in [0.4, 0.5) is 0 Å². The van der Waals surface area contributed by atoms with E-state index in [0.717, 1.165) is 5.06 Å². The maximum Gasteiger partial charge on any atom is 0.325 e. The lowest BCUT2D eigenvalue weighted by molar-refractivity contribution is -0.162. The zero-order valence-corrected chi connectivity index (χ0v) is 35.0. The van der Waals surface area contributed by atoms with Crippen LogP contribution in [0.3, 0.4) is 0 Å². The second kappa shape index (κ2) is 21.3. The number of fused-ring (bicyclic) bond motifs is 2. The topological polar surface area (TPSA) is 207 Å². The predicted molar refractivity (Wildman–Crippen MR) is 221 cm³/mol. The van der Waals surface area contributed by atoms with Crippen molar-refractivity contribution in [3.63, 3.8) is 0 Å². The Morgan fingerprint density at radius 2 is 1.90 bits per heavy atom. The van der Waals surface area contributed by atoms with Crippen molar-refractivity contribution in [1.29, 1.82) is 0 Å². The molecule has 2 fully saturated rings. The van der Waals surface area contributed by atoms with Crippen molar-refractivity contribution < 1.29 is 48.9 Å². The minimum absolute atomic E-state index is 0.00771. The summed E-state index contributed by atoms with van der Waals surface area (Å²) in [6.07, 6.45) is 12.6. The van der Waals surface area contributed by atoms with Crippen LogP contribution in [0.1, 0.15) is 78.2 Å². The number of likely N-dealkylation sites (N-methyl/N-ethyl adjacent to an activating group) is 1. The molecule has 15 heteroatoms. The van der Waals surface area contributed by atoms with Crippen LogP contribution < -0.4 is 16.1 Å². The fourth-order valence-corrected chi connectivity index (χ4v) is 7.29. The molecular formula is C44H61N5O10. The molecule has 9 atom stereocenters. The van der Waals surface area contributed by atoms with Gasteiger partial charge >= 0.3 is 5.97 Å². The zero-order chi connectivity index (χ0) is 43.4. The number of ether oxygens (including phenoxy) is 1. The van der Waals surface area contributed by atoms with E-state index >= 15 is 0 Å². The molecule has 0 radical (unpaired) electrons. The normalized spacial score (nSPS) is 31.6.